The Labute approximate surface area is 247 Å². The molecule has 1 aliphatic heterocycles. The van der Waals surface area contributed by atoms with Gasteiger partial charge in [-0.2, -0.15) is 0 Å². The number of aromatic amines is 1. The second kappa shape index (κ2) is 11.5. The first-order chi connectivity index (χ1) is 19.9. The molecule has 0 spiro atoms. The van der Waals surface area contributed by atoms with Gasteiger partial charge in [0.2, 0.25) is 0 Å². The lowest BCUT2D eigenvalue weighted by Gasteiger charge is -2.32. The number of H-pyrrole nitrogens is 1. The number of hydrogen-bond acceptors (Lipinski definition) is 6. The zero-order chi connectivity index (χ0) is 30.2. The highest BCUT2D eigenvalue weighted by molar-refractivity contribution is 6.56. The number of aromatic nitrogens is 1. The summed E-state index contributed by atoms with van der Waals surface area (Å²) in [6, 6.07) is 16.5. The Morgan fingerprint density at radius 2 is 1.52 bits per heavy atom. The monoisotopic (exact) mass is 570 g/mol. The number of hydrogen-bond donors (Lipinski definition) is 2. The Morgan fingerprint density at radius 1 is 0.952 bits per heavy atom. The van der Waals surface area contributed by atoms with E-state index in [1.54, 1.807) is 6.92 Å². The molecule has 1 aromatic heterocycles. The maximum absolute atomic E-state index is 13.0. The number of amides is 1. The average molecular weight is 570 g/mol. The molecule has 220 valence electrons. The predicted molar refractivity (Wildman–Crippen MR) is 163 cm³/mol. The fourth-order valence-electron chi connectivity index (χ4n) is 5.59. The molecule has 0 unspecified atom stereocenters. The minimum atomic E-state index is -0.705. The topological polar surface area (TPSA) is 98.9 Å². The molecule has 1 aliphatic carbocycles. The Bertz CT molecular complexity index is 1480. The molecule has 0 radical (unpaired) electrons. The summed E-state index contributed by atoms with van der Waals surface area (Å²) in [4.78, 5) is 28.7. The van der Waals surface area contributed by atoms with Crippen LogP contribution in [0.1, 0.15) is 79.0 Å². The number of esters is 1. The maximum Gasteiger partial charge on any atom is 0.492 e. The van der Waals surface area contributed by atoms with Gasteiger partial charge in [0, 0.05) is 18.2 Å². The quantitative estimate of drug-likeness (QED) is 0.242. The van der Waals surface area contributed by atoms with Crippen molar-refractivity contribution < 1.29 is 28.4 Å². The molecule has 2 heterocycles. The Morgan fingerprint density at radius 3 is 2.10 bits per heavy atom. The van der Waals surface area contributed by atoms with E-state index < -0.39 is 30.4 Å². The van der Waals surface area contributed by atoms with Crippen molar-refractivity contribution in [1.82, 2.24) is 10.3 Å². The van der Waals surface area contributed by atoms with Crippen molar-refractivity contribution in [3.63, 3.8) is 0 Å². The van der Waals surface area contributed by atoms with Crippen LogP contribution in [-0.4, -0.2) is 55.1 Å². The largest absolute Gasteiger partial charge is 0.492 e. The molecule has 1 amide bonds. The van der Waals surface area contributed by atoms with E-state index in [2.05, 4.69) is 34.6 Å². The Hall–Kier alpha value is -3.82. The van der Waals surface area contributed by atoms with Gasteiger partial charge in [0.15, 0.2) is 0 Å². The number of rotatable bonds is 8. The molecule has 5 rings (SSSR count). The first-order valence-electron chi connectivity index (χ1n) is 14.4. The number of ether oxygens (including phenoxy) is 2. The molecule has 2 N–H and O–H groups in total. The lowest BCUT2D eigenvalue weighted by Crippen LogP contribution is -2.41. The Balaban J connectivity index is 1.35. The molecule has 0 saturated carbocycles. The molecule has 8 nitrogen and oxygen atoms in total. The minimum Gasteiger partial charge on any atom is -0.461 e. The fourth-order valence-corrected chi connectivity index (χ4v) is 5.59. The van der Waals surface area contributed by atoms with E-state index in [1.165, 1.54) is 11.1 Å². The fraction of sp³-hybridized carbons (Fsp3) is 0.394. The Kier molecular flexibility index (Phi) is 8.09. The van der Waals surface area contributed by atoms with Crippen molar-refractivity contribution in [2.24, 2.45) is 0 Å². The van der Waals surface area contributed by atoms with E-state index in [0.717, 1.165) is 27.9 Å². The van der Waals surface area contributed by atoms with Crippen LogP contribution in [0.3, 0.4) is 0 Å². The number of carbonyl (C=O) groups excluding carboxylic acids is 2. The summed E-state index contributed by atoms with van der Waals surface area (Å²) >= 11 is 0. The zero-order valence-electron chi connectivity index (χ0n) is 25.4. The summed E-state index contributed by atoms with van der Waals surface area (Å²) in [5.41, 5.74) is 6.97. The number of aryl methyl sites for hydroxylation is 1. The zero-order valence-corrected chi connectivity index (χ0v) is 25.4. The number of benzene rings is 2. The van der Waals surface area contributed by atoms with Gasteiger partial charge in [-0.15, -0.1) is 0 Å². The first kappa shape index (κ1) is 29.7. The lowest BCUT2D eigenvalue weighted by atomic mass is 9.76. The summed E-state index contributed by atoms with van der Waals surface area (Å²) in [6.07, 6.45) is 1.38. The van der Waals surface area contributed by atoms with Crippen molar-refractivity contribution in [3.8, 4) is 11.1 Å². The second-order valence-electron chi connectivity index (χ2n) is 11.9. The van der Waals surface area contributed by atoms with Gasteiger partial charge in [0.1, 0.15) is 12.3 Å². The van der Waals surface area contributed by atoms with Gasteiger partial charge in [0.25, 0.3) is 0 Å². The summed E-state index contributed by atoms with van der Waals surface area (Å²) in [5.74, 6) is -0.445. The number of fused-ring (bicyclic) bond motifs is 3. The highest BCUT2D eigenvalue weighted by Gasteiger charge is 2.52. The minimum absolute atomic E-state index is 0.0345. The van der Waals surface area contributed by atoms with Crippen LogP contribution in [0.5, 0.6) is 0 Å². The second-order valence-corrected chi connectivity index (χ2v) is 11.9. The average Bonchev–Trinajstić information content (AvgIpc) is 3.50. The van der Waals surface area contributed by atoms with Crippen LogP contribution < -0.4 is 5.32 Å². The molecule has 0 atom stereocenters. The highest BCUT2D eigenvalue weighted by Crippen LogP contribution is 2.44. The van der Waals surface area contributed by atoms with Gasteiger partial charge < -0.3 is 29.1 Å². The van der Waals surface area contributed by atoms with Crippen LogP contribution in [0.2, 0.25) is 0 Å². The van der Waals surface area contributed by atoms with Crippen molar-refractivity contribution >= 4 is 25.3 Å². The van der Waals surface area contributed by atoms with Gasteiger partial charge >= 0.3 is 19.2 Å². The van der Waals surface area contributed by atoms with E-state index in [1.807, 2.05) is 71.9 Å². The van der Waals surface area contributed by atoms with Crippen molar-refractivity contribution in [3.05, 3.63) is 87.6 Å². The van der Waals surface area contributed by atoms with E-state index in [9.17, 15) is 9.59 Å². The van der Waals surface area contributed by atoms with Gasteiger partial charge in [0.05, 0.1) is 17.8 Å². The van der Waals surface area contributed by atoms with E-state index in [-0.39, 0.29) is 25.7 Å². The standard InChI is InChI=1S/C33H39BN2O6/c1-8-39-30(37)29-20(2)27(21(3)36-29)17-22(34-41-32(4,5)33(6,7)42-34)18-35-31(38)40-19-28-25-15-11-9-13-23(25)24-14-10-12-16-26(24)28/h9-17,28,36H,8,18-19H2,1-7H3,(H,35,38). The summed E-state index contributed by atoms with van der Waals surface area (Å²) in [5, 5.41) is 2.90. The van der Waals surface area contributed by atoms with Crippen LogP contribution >= 0.6 is 0 Å². The van der Waals surface area contributed by atoms with Gasteiger partial charge in [-0.25, -0.2) is 9.59 Å². The molecule has 2 aliphatic rings. The molecule has 3 aromatic rings. The maximum atomic E-state index is 13.0. The molecule has 42 heavy (non-hydrogen) atoms. The van der Waals surface area contributed by atoms with Crippen LogP contribution in [0.25, 0.3) is 17.2 Å². The molecule has 1 fully saturated rings. The smallest absolute Gasteiger partial charge is 0.461 e. The summed E-state index contributed by atoms with van der Waals surface area (Å²) in [7, 11) is -0.705. The summed E-state index contributed by atoms with van der Waals surface area (Å²) < 4.78 is 23.7. The highest BCUT2D eigenvalue weighted by atomic mass is 16.7. The van der Waals surface area contributed by atoms with Gasteiger partial charge in [-0.3, -0.25) is 0 Å². The van der Waals surface area contributed by atoms with Crippen molar-refractivity contribution in [2.75, 3.05) is 19.8 Å². The lowest BCUT2D eigenvalue weighted by molar-refractivity contribution is 0.00578. The number of alkyl carbamates (subject to hydrolysis) is 1. The molecule has 1 saturated heterocycles. The molecule has 9 heteroatoms. The van der Waals surface area contributed by atoms with Gasteiger partial charge in [-0.05, 0) is 87.3 Å². The van der Waals surface area contributed by atoms with Gasteiger partial charge in [-0.1, -0.05) is 54.6 Å². The van der Waals surface area contributed by atoms with E-state index in [0.29, 0.717) is 11.2 Å². The first-order valence-corrected chi connectivity index (χ1v) is 14.4. The predicted octanol–water partition coefficient (Wildman–Crippen LogP) is 6.36. The molecular weight excluding hydrogens is 531 g/mol. The van der Waals surface area contributed by atoms with Crippen LogP contribution in [0.15, 0.2) is 54.0 Å². The SMILES string of the molecule is CCOC(=O)c1[nH]c(C)c(C=C(CNC(=O)OCC2c3ccccc3-c3ccccc32)B2OC(C)(C)C(C)(C)O2)c1C. The van der Waals surface area contributed by atoms with Crippen molar-refractivity contribution in [2.45, 2.75) is 65.6 Å². The van der Waals surface area contributed by atoms with Crippen LogP contribution in [0.4, 0.5) is 4.79 Å². The molecule has 2 aromatic carbocycles. The summed E-state index contributed by atoms with van der Waals surface area (Å²) in [6.45, 7) is 14.1. The number of nitrogens with one attached hydrogen (secondary N) is 2. The van der Waals surface area contributed by atoms with E-state index in [4.69, 9.17) is 18.8 Å². The van der Waals surface area contributed by atoms with E-state index >= 15 is 0 Å². The van der Waals surface area contributed by atoms with Crippen LogP contribution in [0, 0.1) is 13.8 Å². The number of carbonyl (C=O) groups is 2. The molecule has 0 bridgehead atoms. The van der Waals surface area contributed by atoms with Crippen LogP contribution in [-0.2, 0) is 18.8 Å². The third-order valence-electron chi connectivity index (χ3n) is 8.64. The normalized spacial score (nSPS) is 17.1. The third kappa shape index (κ3) is 5.51. The molecular formula is C33H39BN2O6. The van der Waals surface area contributed by atoms with Crippen molar-refractivity contribution in [1.29, 1.82) is 0 Å². The third-order valence-corrected chi connectivity index (χ3v) is 8.64.